The van der Waals surface area contributed by atoms with Crippen LogP contribution in [0.4, 0.5) is 0 Å². The van der Waals surface area contributed by atoms with Gasteiger partial charge in [-0.3, -0.25) is 0 Å². The Morgan fingerprint density at radius 3 is 2.80 bits per heavy atom. The second-order valence-corrected chi connectivity index (χ2v) is 5.72. The normalized spacial score (nSPS) is 18.8. The summed E-state index contributed by atoms with van der Waals surface area (Å²) in [5.74, 6) is 0.372. The zero-order valence-corrected chi connectivity index (χ0v) is 12.1. The molecule has 2 heteroatoms. The average molecular weight is 267 g/mol. The molecule has 20 heavy (non-hydrogen) atoms. The minimum Gasteiger partial charge on any atom is -0.508 e. The second kappa shape index (κ2) is 5.29. The van der Waals surface area contributed by atoms with Gasteiger partial charge in [-0.05, 0) is 61.1 Å². The summed E-state index contributed by atoms with van der Waals surface area (Å²) in [6.07, 6.45) is 2.15. The Morgan fingerprint density at radius 2 is 2.00 bits per heavy atom. The molecule has 1 unspecified atom stereocenters. The number of benzene rings is 2. The minimum absolute atomic E-state index is 0.334. The molecular weight excluding hydrogens is 246 g/mol. The molecule has 0 fully saturated rings. The maximum Gasteiger partial charge on any atom is 0.115 e. The van der Waals surface area contributed by atoms with E-state index in [2.05, 4.69) is 49.5 Å². The number of aryl methyl sites for hydroxylation is 2. The monoisotopic (exact) mass is 267 g/mol. The Balaban J connectivity index is 1.79. The molecule has 104 valence electrons. The first-order chi connectivity index (χ1) is 9.65. The molecule has 0 aromatic heterocycles. The third kappa shape index (κ3) is 2.44. The van der Waals surface area contributed by atoms with E-state index in [9.17, 15) is 5.11 Å². The van der Waals surface area contributed by atoms with E-state index in [1.54, 1.807) is 6.07 Å². The molecule has 0 bridgehead atoms. The minimum atomic E-state index is 0.334. The molecule has 0 spiro atoms. The number of nitrogens with one attached hydrogen (secondary N) is 1. The van der Waals surface area contributed by atoms with Crippen LogP contribution >= 0.6 is 0 Å². The molecule has 0 radical (unpaired) electrons. The maximum absolute atomic E-state index is 9.56. The highest BCUT2D eigenvalue weighted by atomic mass is 16.3. The van der Waals surface area contributed by atoms with E-state index in [1.807, 2.05) is 6.07 Å². The van der Waals surface area contributed by atoms with Crippen LogP contribution in [0.1, 0.15) is 47.7 Å². The van der Waals surface area contributed by atoms with E-state index in [0.717, 1.165) is 12.8 Å². The number of hydrogen-bond donors (Lipinski definition) is 2. The van der Waals surface area contributed by atoms with Crippen molar-refractivity contribution >= 4 is 0 Å². The third-order valence-corrected chi connectivity index (χ3v) is 4.31. The first-order valence-corrected chi connectivity index (χ1v) is 7.28. The molecule has 2 aromatic rings. The average Bonchev–Trinajstić information content (AvgIpc) is 2.81. The van der Waals surface area contributed by atoms with Crippen LogP contribution in [0.3, 0.4) is 0 Å². The summed E-state index contributed by atoms with van der Waals surface area (Å²) < 4.78 is 0. The maximum atomic E-state index is 9.56. The summed E-state index contributed by atoms with van der Waals surface area (Å²) in [4.78, 5) is 0. The molecule has 1 aliphatic carbocycles. The Labute approximate surface area is 120 Å². The highest BCUT2D eigenvalue weighted by Gasteiger charge is 2.24. The van der Waals surface area contributed by atoms with Gasteiger partial charge in [0.05, 0.1) is 0 Å². The van der Waals surface area contributed by atoms with Crippen molar-refractivity contribution in [2.24, 2.45) is 0 Å². The molecule has 0 heterocycles. The molecule has 2 aromatic carbocycles. The van der Waals surface area contributed by atoms with Crippen LogP contribution < -0.4 is 5.32 Å². The van der Waals surface area contributed by atoms with Gasteiger partial charge in [0.1, 0.15) is 5.75 Å². The van der Waals surface area contributed by atoms with E-state index in [1.165, 1.54) is 22.3 Å². The Bertz CT molecular complexity index is 621. The zero-order chi connectivity index (χ0) is 14.1. The van der Waals surface area contributed by atoms with Crippen molar-refractivity contribution in [2.45, 2.75) is 38.8 Å². The second-order valence-electron chi connectivity index (χ2n) is 5.72. The molecule has 2 N–H and O–H groups in total. The molecule has 2 nitrogen and oxygen atoms in total. The summed E-state index contributed by atoms with van der Waals surface area (Å²) in [5, 5.41) is 13.3. The van der Waals surface area contributed by atoms with E-state index in [4.69, 9.17) is 0 Å². The van der Waals surface area contributed by atoms with Crippen LogP contribution in [0.15, 0.2) is 42.5 Å². The first kappa shape index (κ1) is 13.2. The topological polar surface area (TPSA) is 32.3 Å². The van der Waals surface area contributed by atoms with E-state index in [0.29, 0.717) is 17.8 Å². The standard InChI is InChI=1S/C18H21NO/c1-12-5-3-4-6-16(12)13(2)19-18-10-7-14-11-15(20)8-9-17(14)18/h3-6,8-9,11,13,18-20H,7,10H2,1-2H3/t13-,18?/m0/s1. The highest BCUT2D eigenvalue weighted by molar-refractivity contribution is 5.40. The fourth-order valence-corrected chi connectivity index (χ4v) is 3.24. The van der Waals surface area contributed by atoms with E-state index in [-0.39, 0.29) is 0 Å². The van der Waals surface area contributed by atoms with Gasteiger partial charge in [-0.1, -0.05) is 30.3 Å². The number of rotatable bonds is 3. The van der Waals surface area contributed by atoms with Crippen LogP contribution in [0.25, 0.3) is 0 Å². The Morgan fingerprint density at radius 1 is 1.20 bits per heavy atom. The quantitative estimate of drug-likeness (QED) is 0.879. The lowest BCUT2D eigenvalue weighted by Gasteiger charge is -2.22. The number of aromatic hydroxyl groups is 1. The largest absolute Gasteiger partial charge is 0.508 e. The van der Waals surface area contributed by atoms with Gasteiger partial charge >= 0.3 is 0 Å². The Hall–Kier alpha value is -1.80. The number of hydrogen-bond acceptors (Lipinski definition) is 2. The molecule has 3 rings (SSSR count). The SMILES string of the molecule is Cc1ccccc1[C@H](C)NC1CCc2cc(O)ccc21. The lowest BCUT2D eigenvalue weighted by atomic mass is 10.0. The number of fused-ring (bicyclic) bond motifs is 1. The van der Waals surface area contributed by atoms with Gasteiger partial charge in [0.2, 0.25) is 0 Å². The van der Waals surface area contributed by atoms with Crippen molar-refractivity contribution in [3.05, 3.63) is 64.7 Å². The molecule has 0 amide bonds. The molecule has 0 saturated carbocycles. The van der Waals surface area contributed by atoms with Gasteiger partial charge in [-0.25, -0.2) is 0 Å². The van der Waals surface area contributed by atoms with Crippen LogP contribution in [0.2, 0.25) is 0 Å². The van der Waals surface area contributed by atoms with Crippen molar-refractivity contribution in [3.63, 3.8) is 0 Å². The van der Waals surface area contributed by atoms with Gasteiger partial charge in [0.25, 0.3) is 0 Å². The molecule has 0 saturated heterocycles. The van der Waals surface area contributed by atoms with Gasteiger partial charge in [-0.15, -0.1) is 0 Å². The molecular formula is C18H21NO. The van der Waals surface area contributed by atoms with Crippen molar-refractivity contribution < 1.29 is 5.11 Å². The van der Waals surface area contributed by atoms with Gasteiger partial charge in [0, 0.05) is 12.1 Å². The van der Waals surface area contributed by atoms with Crippen LogP contribution in [0, 0.1) is 6.92 Å². The fraction of sp³-hybridized carbons (Fsp3) is 0.333. The van der Waals surface area contributed by atoms with E-state index < -0.39 is 0 Å². The Kier molecular flexibility index (Phi) is 3.49. The summed E-state index contributed by atoms with van der Waals surface area (Å²) in [7, 11) is 0. The zero-order valence-electron chi connectivity index (χ0n) is 12.1. The van der Waals surface area contributed by atoms with Crippen LogP contribution in [0.5, 0.6) is 5.75 Å². The smallest absolute Gasteiger partial charge is 0.115 e. The van der Waals surface area contributed by atoms with Crippen molar-refractivity contribution in [1.29, 1.82) is 0 Å². The van der Waals surface area contributed by atoms with Crippen LogP contribution in [-0.4, -0.2) is 5.11 Å². The van der Waals surface area contributed by atoms with Crippen molar-refractivity contribution in [1.82, 2.24) is 5.32 Å². The summed E-state index contributed by atoms with van der Waals surface area (Å²) in [5.41, 5.74) is 5.30. The van der Waals surface area contributed by atoms with Crippen molar-refractivity contribution in [2.75, 3.05) is 0 Å². The third-order valence-electron chi connectivity index (χ3n) is 4.31. The predicted molar refractivity (Wildman–Crippen MR) is 81.9 cm³/mol. The van der Waals surface area contributed by atoms with Gasteiger partial charge in [-0.2, -0.15) is 0 Å². The molecule has 2 atom stereocenters. The van der Waals surface area contributed by atoms with Gasteiger partial charge in [0.15, 0.2) is 0 Å². The van der Waals surface area contributed by atoms with Crippen LogP contribution in [-0.2, 0) is 6.42 Å². The molecule has 0 aliphatic heterocycles. The number of phenolic OH excluding ortho intramolecular Hbond substituents is 1. The fourth-order valence-electron chi connectivity index (χ4n) is 3.24. The lowest BCUT2D eigenvalue weighted by molar-refractivity contribution is 0.463. The van der Waals surface area contributed by atoms with Gasteiger partial charge < -0.3 is 10.4 Å². The first-order valence-electron chi connectivity index (χ1n) is 7.28. The van der Waals surface area contributed by atoms with E-state index >= 15 is 0 Å². The number of phenols is 1. The molecule has 1 aliphatic rings. The van der Waals surface area contributed by atoms with Crippen molar-refractivity contribution in [3.8, 4) is 5.75 Å². The summed E-state index contributed by atoms with van der Waals surface area (Å²) >= 11 is 0. The lowest BCUT2D eigenvalue weighted by Crippen LogP contribution is -2.23. The summed E-state index contributed by atoms with van der Waals surface area (Å²) in [6, 6.07) is 15.0. The predicted octanol–water partition coefficient (Wildman–Crippen LogP) is 4.04. The highest BCUT2D eigenvalue weighted by Crippen LogP contribution is 2.35. The summed E-state index contributed by atoms with van der Waals surface area (Å²) in [6.45, 7) is 4.38.